The summed E-state index contributed by atoms with van der Waals surface area (Å²) in [5.41, 5.74) is 0. The van der Waals surface area contributed by atoms with Crippen LogP contribution >= 0.6 is 15.6 Å². The van der Waals surface area contributed by atoms with Gasteiger partial charge < -0.3 is 33.8 Å². The van der Waals surface area contributed by atoms with Crippen LogP contribution in [0.15, 0.2) is 0 Å². The minimum Gasteiger partial charge on any atom is -0.462 e. The summed E-state index contributed by atoms with van der Waals surface area (Å²) in [5, 5.41) is 10.5. The number of aliphatic hydroxyl groups excluding tert-OH is 1. The molecule has 0 aromatic heterocycles. The van der Waals surface area contributed by atoms with Crippen LogP contribution < -0.4 is 0 Å². The maximum absolute atomic E-state index is 13.0. The van der Waals surface area contributed by atoms with Gasteiger partial charge in [-0.3, -0.25) is 37.3 Å². The molecule has 7 atom stereocenters. The standard InChI is InChI=1S/C64H124O17P2/c1-7-11-13-15-17-18-19-20-24-28-35-41-47-62(67)75-53-59(80-63(68)48-42-36-29-25-22-21-23-27-32-38-44-56(5)9-3)54-78-82(70,71)76-50-58(65)51-77-83(72,73)79-55-60(52-74-61(66)46-40-34-26-16-14-12-8-2)81-64(69)49-43-37-31-30-33-39-45-57(6)10-4/h56-60,65H,7-55H2,1-6H3,(H,70,71)(H,72,73)/t56?,57?,58-,59-,60-/m1/s1. The molecule has 0 aromatic carbocycles. The van der Waals surface area contributed by atoms with Gasteiger partial charge in [0.1, 0.15) is 19.3 Å². The Kier molecular flexibility index (Phi) is 55.2. The first-order chi connectivity index (χ1) is 39.9. The lowest BCUT2D eigenvalue weighted by atomic mass is 9.99. The first-order valence-corrected chi connectivity index (χ1v) is 36.6. The van der Waals surface area contributed by atoms with Gasteiger partial charge in [-0.05, 0) is 37.5 Å². The number of hydrogen-bond acceptors (Lipinski definition) is 15. The van der Waals surface area contributed by atoms with Crippen LogP contribution in [-0.4, -0.2) is 96.7 Å². The third-order valence-corrected chi connectivity index (χ3v) is 17.3. The topological polar surface area (TPSA) is 237 Å². The fourth-order valence-corrected chi connectivity index (χ4v) is 11.0. The van der Waals surface area contributed by atoms with Gasteiger partial charge >= 0.3 is 39.5 Å². The summed E-state index contributed by atoms with van der Waals surface area (Å²) in [5.74, 6) is -0.616. The van der Waals surface area contributed by atoms with Crippen LogP contribution in [0.2, 0.25) is 0 Å². The van der Waals surface area contributed by atoms with Crippen molar-refractivity contribution in [2.75, 3.05) is 39.6 Å². The molecule has 4 unspecified atom stereocenters. The van der Waals surface area contributed by atoms with Gasteiger partial charge in [0.25, 0.3) is 0 Å². The Bertz CT molecular complexity index is 1640. The molecule has 0 aliphatic heterocycles. The van der Waals surface area contributed by atoms with Crippen molar-refractivity contribution in [2.45, 2.75) is 336 Å². The van der Waals surface area contributed by atoms with Crippen LogP contribution in [-0.2, 0) is 65.4 Å². The number of phosphoric acid groups is 2. The summed E-state index contributed by atoms with van der Waals surface area (Å²) in [6, 6.07) is 0. The van der Waals surface area contributed by atoms with Gasteiger partial charge in [0, 0.05) is 25.7 Å². The highest BCUT2D eigenvalue weighted by molar-refractivity contribution is 7.47. The van der Waals surface area contributed by atoms with Crippen molar-refractivity contribution >= 4 is 39.5 Å². The van der Waals surface area contributed by atoms with E-state index in [1.807, 2.05) is 0 Å². The molecule has 0 aliphatic rings. The van der Waals surface area contributed by atoms with Crippen LogP contribution in [0.1, 0.15) is 318 Å². The Morgan fingerprint density at radius 2 is 0.578 bits per heavy atom. The number of esters is 4. The van der Waals surface area contributed by atoms with Gasteiger partial charge in [0.2, 0.25) is 0 Å². The largest absolute Gasteiger partial charge is 0.472 e. The van der Waals surface area contributed by atoms with Crippen molar-refractivity contribution in [3.05, 3.63) is 0 Å². The van der Waals surface area contributed by atoms with Crippen molar-refractivity contribution < 1.29 is 80.2 Å². The van der Waals surface area contributed by atoms with Gasteiger partial charge in [0.15, 0.2) is 12.2 Å². The predicted molar refractivity (Wildman–Crippen MR) is 331 cm³/mol. The highest BCUT2D eigenvalue weighted by Crippen LogP contribution is 2.45. The zero-order valence-corrected chi connectivity index (χ0v) is 55.3. The lowest BCUT2D eigenvalue weighted by molar-refractivity contribution is -0.161. The molecule has 19 heteroatoms. The highest BCUT2D eigenvalue weighted by Gasteiger charge is 2.30. The Morgan fingerprint density at radius 1 is 0.337 bits per heavy atom. The average Bonchev–Trinajstić information content (AvgIpc) is 3.46. The van der Waals surface area contributed by atoms with E-state index in [2.05, 4.69) is 41.5 Å². The van der Waals surface area contributed by atoms with E-state index in [-0.39, 0.29) is 25.7 Å². The monoisotopic (exact) mass is 1230 g/mol. The van der Waals surface area contributed by atoms with Crippen LogP contribution in [0.3, 0.4) is 0 Å². The van der Waals surface area contributed by atoms with Gasteiger partial charge in [-0.15, -0.1) is 0 Å². The molecule has 0 bridgehead atoms. The molecule has 492 valence electrons. The number of phosphoric ester groups is 2. The molecule has 0 heterocycles. The van der Waals surface area contributed by atoms with E-state index >= 15 is 0 Å². The lowest BCUT2D eigenvalue weighted by Gasteiger charge is -2.21. The second-order valence-electron chi connectivity index (χ2n) is 23.6. The number of carbonyl (C=O) groups excluding carboxylic acids is 4. The number of rotatable bonds is 63. The second kappa shape index (κ2) is 56.6. The summed E-state index contributed by atoms with van der Waals surface area (Å²) >= 11 is 0. The number of aliphatic hydroxyl groups is 1. The quantitative estimate of drug-likeness (QED) is 0.0222. The molecular formula is C64H124O17P2. The number of hydrogen-bond donors (Lipinski definition) is 3. The Balaban J connectivity index is 5.23. The van der Waals surface area contributed by atoms with Crippen LogP contribution in [0.25, 0.3) is 0 Å². The maximum Gasteiger partial charge on any atom is 0.472 e. The van der Waals surface area contributed by atoms with Crippen LogP contribution in [0.5, 0.6) is 0 Å². The molecule has 0 radical (unpaired) electrons. The van der Waals surface area contributed by atoms with Gasteiger partial charge in [0.05, 0.1) is 26.4 Å². The summed E-state index contributed by atoms with van der Waals surface area (Å²) in [7, 11) is -9.88. The Morgan fingerprint density at radius 3 is 0.855 bits per heavy atom. The molecule has 0 aliphatic carbocycles. The normalized spacial score (nSPS) is 15.0. The SMILES string of the molecule is CCCCCCCCCCCCCCC(=O)OC[C@H](COP(=O)(O)OC[C@@H](O)COP(=O)(O)OC[C@@H](COC(=O)CCCCCCCCC)OC(=O)CCCCCCCCC(C)CC)OC(=O)CCCCCCCCCCCCC(C)CC. The lowest BCUT2D eigenvalue weighted by Crippen LogP contribution is -2.30. The average molecular weight is 1230 g/mol. The predicted octanol–water partition coefficient (Wildman–Crippen LogP) is 17.7. The van der Waals surface area contributed by atoms with E-state index in [1.165, 1.54) is 122 Å². The van der Waals surface area contributed by atoms with Crippen molar-refractivity contribution in [3.8, 4) is 0 Å². The molecular weight excluding hydrogens is 1100 g/mol. The zero-order chi connectivity index (χ0) is 61.5. The van der Waals surface area contributed by atoms with E-state index in [0.717, 1.165) is 115 Å². The molecule has 0 saturated carbocycles. The Hall–Kier alpha value is -1.94. The van der Waals surface area contributed by atoms with Crippen molar-refractivity contribution in [3.63, 3.8) is 0 Å². The highest BCUT2D eigenvalue weighted by atomic mass is 31.2. The summed E-state index contributed by atoms with van der Waals surface area (Å²) < 4.78 is 67.9. The third-order valence-electron chi connectivity index (χ3n) is 15.4. The fourth-order valence-electron chi connectivity index (χ4n) is 9.47. The maximum atomic E-state index is 13.0. The summed E-state index contributed by atoms with van der Waals surface area (Å²) in [6.45, 7) is 9.43. The van der Waals surface area contributed by atoms with Crippen LogP contribution in [0, 0.1) is 11.8 Å². The Labute approximate surface area is 505 Å². The molecule has 0 fully saturated rings. The zero-order valence-electron chi connectivity index (χ0n) is 53.5. The van der Waals surface area contributed by atoms with E-state index in [4.69, 9.17) is 37.0 Å². The molecule has 3 N–H and O–H groups in total. The van der Waals surface area contributed by atoms with Gasteiger partial charge in [-0.2, -0.15) is 0 Å². The number of ether oxygens (including phenoxy) is 4. The van der Waals surface area contributed by atoms with Crippen molar-refractivity contribution in [1.29, 1.82) is 0 Å². The molecule has 83 heavy (non-hydrogen) atoms. The van der Waals surface area contributed by atoms with E-state index in [9.17, 15) is 43.2 Å². The van der Waals surface area contributed by atoms with Crippen molar-refractivity contribution in [1.82, 2.24) is 0 Å². The van der Waals surface area contributed by atoms with Crippen LogP contribution in [0.4, 0.5) is 0 Å². The number of carbonyl (C=O) groups is 4. The van der Waals surface area contributed by atoms with E-state index in [1.54, 1.807) is 0 Å². The van der Waals surface area contributed by atoms with Gasteiger partial charge in [-0.25, -0.2) is 9.13 Å². The first kappa shape index (κ1) is 81.1. The molecule has 0 saturated heterocycles. The first-order valence-electron chi connectivity index (χ1n) is 33.6. The summed E-state index contributed by atoms with van der Waals surface area (Å²) in [4.78, 5) is 72.1. The number of unbranched alkanes of at least 4 members (excludes halogenated alkanes) is 31. The molecule has 0 aromatic rings. The molecule has 0 amide bonds. The van der Waals surface area contributed by atoms with Gasteiger partial charge in [-0.1, -0.05) is 266 Å². The van der Waals surface area contributed by atoms with E-state index in [0.29, 0.717) is 25.7 Å². The van der Waals surface area contributed by atoms with E-state index < -0.39 is 97.5 Å². The second-order valence-corrected chi connectivity index (χ2v) is 26.5. The van der Waals surface area contributed by atoms with Crippen molar-refractivity contribution in [2.24, 2.45) is 11.8 Å². The smallest absolute Gasteiger partial charge is 0.462 e. The molecule has 17 nitrogen and oxygen atoms in total. The molecule has 0 rings (SSSR count). The molecule has 0 spiro atoms. The fraction of sp³-hybridized carbons (Fsp3) is 0.938. The summed E-state index contributed by atoms with van der Waals surface area (Å²) in [6.07, 6.45) is 38.9. The minimum atomic E-state index is -4.94. The minimum absolute atomic E-state index is 0.102. The third kappa shape index (κ3) is 56.3.